The van der Waals surface area contributed by atoms with Gasteiger partial charge >= 0.3 is 0 Å². The topological polar surface area (TPSA) is 139 Å². The second-order valence-electron chi connectivity index (χ2n) is 6.14. The number of benzene rings is 1. The number of nitrogen functional groups attached to an aromatic ring is 1. The van der Waals surface area contributed by atoms with Gasteiger partial charge in [-0.05, 0) is 31.5 Å². The molecule has 0 spiro atoms. The summed E-state index contributed by atoms with van der Waals surface area (Å²) in [4.78, 5) is 19.2. The number of anilines is 1. The second kappa shape index (κ2) is 6.16. The Bertz CT molecular complexity index is 1180. The molecule has 4 aromatic rings. The van der Waals surface area contributed by atoms with E-state index in [9.17, 15) is 10.1 Å². The van der Waals surface area contributed by atoms with Crippen molar-refractivity contribution in [1.82, 2.24) is 25.0 Å². The summed E-state index contributed by atoms with van der Waals surface area (Å²) in [7, 11) is 0. The van der Waals surface area contributed by atoms with Gasteiger partial charge in [-0.3, -0.25) is 10.1 Å². The van der Waals surface area contributed by atoms with E-state index in [1.807, 2.05) is 13.0 Å². The van der Waals surface area contributed by atoms with Gasteiger partial charge in [-0.15, -0.1) is 5.10 Å². The molecule has 136 valence electrons. The van der Waals surface area contributed by atoms with Crippen LogP contribution in [0.15, 0.2) is 34.7 Å². The van der Waals surface area contributed by atoms with Crippen molar-refractivity contribution in [3.63, 3.8) is 0 Å². The van der Waals surface area contributed by atoms with Crippen LogP contribution < -0.4 is 5.73 Å². The number of hydrogen-bond acceptors (Lipinski definition) is 8. The Morgan fingerprint density at radius 1 is 1.22 bits per heavy atom. The molecule has 0 amide bonds. The minimum Gasteiger partial charge on any atom is -0.460 e. The van der Waals surface area contributed by atoms with Crippen LogP contribution in [0.5, 0.6) is 0 Å². The number of nitrogens with zero attached hydrogens (tertiary/aromatic N) is 6. The summed E-state index contributed by atoms with van der Waals surface area (Å²) in [6.07, 6.45) is 0. The van der Waals surface area contributed by atoms with Gasteiger partial charge in [0.2, 0.25) is 5.95 Å². The van der Waals surface area contributed by atoms with E-state index in [1.165, 1.54) is 10.7 Å². The fourth-order valence-corrected chi connectivity index (χ4v) is 2.84. The molecule has 0 saturated carbocycles. The number of nitro benzene ring substituents is 1. The molecule has 0 radical (unpaired) electrons. The molecule has 0 aliphatic carbocycles. The molecule has 0 bridgehead atoms. The van der Waals surface area contributed by atoms with Gasteiger partial charge in [-0.1, -0.05) is 17.3 Å². The van der Waals surface area contributed by atoms with Crippen LogP contribution in [0.4, 0.5) is 11.6 Å². The summed E-state index contributed by atoms with van der Waals surface area (Å²) in [5.74, 6) is 1.31. The quantitative estimate of drug-likeness (QED) is 0.430. The zero-order valence-electron chi connectivity index (χ0n) is 14.6. The highest BCUT2D eigenvalue weighted by atomic mass is 16.6. The summed E-state index contributed by atoms with van der Waals surface area (Å²) in [5, 5.41) is 19.4. The molecule has 2 N–H and O–H groups in total. The average Bonchev–Trinajstić information content (AvgIpc) is 3.22. The van der Waals surface area contributed by atoms with Gasteiger partial charge in [0.05, 0.1) is 11.5 Å². The normalized spacial score (nSPS) is 11.2. The molecule has 3 aromatic heterocycles. The third-order valence-corrected chi connectivity index (χ3v) is 4.16. The molecule has 10 heteroatoms. The molecule has 0 atom stereocenters. The van der Waals surface area contributed by atoms with Gasteiger partial charge < -0.3 is 10.2 Å². The van der Waals surface area contributed by atoms with Gasteiger partial charge in [0.25, 0.3) is 5.69 Å². The average molecular weight is 365 g/mol. The van der Waals surface area contributed by atoms with E-state index in [0.29, 0.717) is 33.7 Å². The van der Waals surface area contributed by atoms with Crippen molar-refractivity contribution >= 4 is 22.8 Å². The highest BCUT2D eigenvalue weighted by Crippen LogP contribution is 2.27. The minimum atomic E-state index is -0.407. The highest BCUT2D eigenvalue weighted by Gasteiger charge is 2.18. The summed E-state index contributed by atoms with van der Waals surface area (Å²) >= 11 is 0. The first-order valence-electron chi connectivity index (χ1n) is 8.10. The van der Waals surface area contributed by atoms with Gasteiger partial charge in [0.15, 0.2) is 16.9 Å². The highest BCUT2D eigenvalue weighted by molar-refractivity contribution is 5.86. The number of nitro groups is 1. The number of aromatic nitrogens is 5. The molecule has 0 saturated heterocycles. The first kappa shape index (κ1) is 16.6. The summed E-state index contributed by atoms with van der Waals surface area (Å²) < 4.78 is 7.15. The smallest absolute Gasteiger partial charge is 0.272 e. The van der Waals surface area contributed by atoms with Gasteiger partial charge in [0.1, 0.15) is 11.5 Å². The second-order valence-corrected chi connectivity index (χ2v) is 6.14. The van der Waals surface area contributed by atoms with Gasteiger partial charge in [-0.2, -0.15) is 4.98 Å². The number of rotatable bonds is 4. The number of nitrogens with two attached hydrogens (primary N) is 1. The Kier molecular flexibility index (Phi) is 3.80. The summed E-state index contributed by atoms with van der Waals surface area (Å²) in [5.41, 5.74) is 8.52. The summed E-state index contributed by atoms with van der Waals surface area (Å²) in [6, 6.07) is 8.61. The van der Waals surface area contributed by atoms with Crippen molar-refractivity contribution in [2.24, 2.45) is 0 Å². The van der Waals surface area contributed by atoms with Crippen molar-refractivity contribution in [2.75, 3.05) is 5.73 Å². The number of hydrogen-bond donors (Lipinski definition) is 1. The van der Waals surface area contributed by atoms with E-state index in [0.717, 1.165) is 5.76 Å². The van der Waals surface area contributed by atoms with Crippen LogP contribution in [0.1, 0.15) is 16.9 Å². The van der Waals surface area contributed by atoms with E-state index < -0.39 is 4.92 Å². The lowest BCUT2D eigenvalue weighted by Gasteiger charge is -2.05. The molecule has 3 heterocycles. The third kappa shape index (κ3) is 2.97. The molecular formula is C17H15N7O3. The van der Waals surface area contributed by atoms with Crippen LogP contribution in [0.2, 0.25) is 0 Å². The van der Waals surface area contributed by atoms with Crippen molar-refractivity contribution in [3.8, 4) is 11.5 Å². The standard InChI is InChI=1S/C17H15N7O3/c1-9-3-5-11(7-12(9)24(25)26)8-23-16-15(21-22-23)14(19-17(18)20-16)13-6-4-10(2)27-13/h3-7H,8H2,1-2H3,(H2,18,19,20). The van der Waals surface area contributed by atoms with Crippen LogP contribution in [-0.2, 0) is 6.54 Å². The van der Waals surface area contributed by atoms with Crippen molar-refractivity contribution in [1.29, 1.82) is 0 Å². The maximum atomic E-state index is 11.2. The molecular weight excluding hydrogens is 350 g/mol. The van der Waals surface area contributed by atoms with Gasteiger partial charge in [0, 0.05) is 11.6 Å². The Morgan fingerprint density at radius 2 is 2.04 bits per heavy atom. The van der Waals surface area contributed by atoms with Crippen LogP contribution in [0, 0.1) is 24.0 Å². The van der Waals surface area contributed by atoms with E-state index >= 15 is 0 Å². The van der Waals surface area contributed by atoms with Crippen LogP contribution in [0.25, 0.3) is 22.6 Å². The van der Waals surface area contributed by atoms with Crippen molar-refractivity contribution < 1.29 is 9.34 Å². The Morgan fingerprint density at radius 3 is 2.74 bits per heavy atom. The Balaban J connectivity index is 1.79. The fraction of sp³-hybridized carbons (Fsp3) is 0.176. The van der Waals surface area contributed by atoms with Crippen LogP contribution in [0.3, 0.4) is 0 Å². The van der Waals surface area contributed by atoms with Crippen LogP contribution >= 0.6 is 0 Å². The number of fused-ring (bicyclic) bond motifs is 1. The predicted molar refractivity (Wildman–Crippen MR) is 96.9 cm³/mol. The third-order valence-electron chi connectivity index (χ3n) is 4.16. The van der Waals surface area contributed by atoms with Crippen molar-refractivity contribution in [3.05, 3.63) is 57.3 Å². The SMILES string of the molecule is Cc1ccc(-c2nc(N)nc3c2nnn3Cc2ccc(C)c([N+](=O)[O-])c2)o1. The van der Waals surface area contributed by atoms with Crippen molar-refractivity contribution in [2.45, 2.75) is 20.4 Å². The lowest BCUT2D eigenvalue weighted by molar-refractivity contribution is -0.385. The lowest BCUT2D eigenvalue weighted by Crippen LogP contribution is -2.06. The van der Waals surface area contributed by atoms with E-state index in [-0.39, 0.29) is 18.2 Å². The molecule has 10 nitrogen and oxygen atoms in total. The molecule has 1 aromatic carbocycles. The number of furan rings is 1. The first-order valence-corrected chi connectivity index (χ1v) is 8.10. The lowest BCUT2D eigenvalue weighted by atomic mass is 10.1. The zero-order chi connectivity index (χ0) is 19.1. The predicted octanol–water partition coefficient (Wildman–Crippen LogP) is 2.64. The molecule has 0 fully saturated rings. The monoisotopic (exact) mass is 365 g/mol. The maximum Gasteiger partial charge on any atom is 0.272 e. The molecule has 0 aliphatic rings. The zero-order valence-corrected chi connectivity index (χ0v) is 14.6. The molecule has 4 rings (SSSR count). The van der Waals surface area contributed by atoms with Crippen LogP contribution in [-0.4, -0.2) is 29.9 Å². The molecule has 27 heavy (non-hydrogen) atoms. The fourth-order valence-electron chi connectivity index (χ4n) is 2.84. The summed E-state index contributed by atoms with van der Waals surface area (Å²) in [6.45, 7) is 3.77. The first-order chi connectivity index (χ1) is 12.9. The molecule has 0 aliphatic heterocycles. The molecule has 0 unspecified atom stereocenters. The largest absolute Gasteiger partial charge is 0.460 e. The number of aryl methyl sites for hydroxylation is 2. The Labute approximate surface area is 152 Å². The minimum absolute atomic E-state index is 0.0535. The van der Waals surface area contributed by atoms with Gasteiger partial charge in [-0.25, -0.2) is 9.67 Å². The van der Waals surface area contributed by atoms with E-state index in [2.05, 4.69) is 20.3 Å². The van der Waals surface area contributed by atoms with E-state index in [4.69, 9.17) is 10.2 Å². The maximum absolute atomic E-state index is 11.2. The Hall–Kier alpha value is -3.82. The van der Waals surface area contributed by atoms with E-state index in [1.54, 1.807) is 25.1 Å².